The Morgan fingerprint density at radius 1 is 1.20 bits per heavy atom. The van der Waals surface area contributed by atoms with Crippen LogP contribution in [0.1, 0.15) is 35.7 Å². The summed E-state index contributed by atoms with van der Waals surface area (Å²) in [6.45, 7) is 4.13. The maximum Gasteiger partial charge on any atom is 0.175 e. The first-order valence-corrected chi connectivity index (χ1v) is 9.90. The quantitative estimate of drug-likeness (QED) is 0.719. The van der Waals surface area contributed by atoms with E-state index in [9.17, 15) is 17.4 Å². The summed E-state index contributed by atoms with van der Waals surface area (Å²) in [6.07, 6.45) is 1.09. The van der Waals surface area contributed by atoms with E-state index in [2.05, 4.69) is 13.8 Å². The van der Waals surface area contributed by atoms with Gasteiger partial charge in [0.15, 0.2) is 5.78 Å². The lowest BCUT2D eigenvalue weighted by atomic mass is 10.0. The van der Waals surface area contributed by atoms with Crippen LogP contribution in [-0.4, -0.2) is 41.9 Å². The molecule has 0 aliphatic carbocycles. The molecule has 1 rings (SSSR count). The zero-order valence-electron chi connectivity index (χ0n) is 12.0. The average molecular weight is 316 g/mol. The smallest absolute Gasteiger partial charge is 0.175 e. The molecule has 0 aromatic heterocycles. The van der Waals surface area contributed by atoms with Gasteiger partial charge in [0, 0.05) is 28.4 Å². The van der Waals surface area contributed by atoms with Gasteiger partial charge in [-0.15, -0.1) is 0 Å². The van der Waals surface area contributed by atoms with E-state index in [0.29, 0.717) is 11.5 Å². The highest BCUT2D eigenvalue weighted by Crippen LogP contribution is 2.15. The molecule has 0 heterocycles. The Balaban J connectivity index is 2.60. The molecule has 112 valence electrons. The zero-order chi connectivity index (χ0) is 15.3. The molecule has 0 radical (unpaired) electrons. The number of sulfone groups is 1. The van der Waals surface area contributed by atoms with Crippen molar-refractivity contribution in [2.24, 2.45) is 0 Å². The number of benzene rings is 1. The number of rotatable bonds is 7. The lowest BCUT2D eigenvalue weighted by molar-refractivity contribution is 0.102. The average Bonchev–Trinajstić information content (AvgIpc) is 2.35. The van der Waals surface area contributed by atoms with Gasteiger partial charge in [-0.3, -0.25) is 9.00 Å². The van der Waals surface area contributed by atoms with Gasteiger partial charge in [0.25, 0.3) is 0 Å². The first-order valence-electron chi connectivity index (χ1n) is 6.35. The van der Waals surface area contributed by atoms with Crippen LogP contribution >= 0.6 is 0 Å². The fraction of sp³-hybridized carbons (Fsp3) is 0.500. The van der Waals surface area contributed by atoms with Gasteiger partial charge in [-0.05, 0) is 11.5 Å². The van der Waals surface area contributed by atoms with E-state index in [0.717, 1.165) is 11.8 Å². The normalized spacial score (nSPS) is 13.4. The molecule has 0 aliphatic heterocycles. The van der Waals surface area contributed by atoms with Crippen LogP contribution in [0.15, 0.2) is 24.3 Å². The molecule has 0 aliphatic rings. The summed E-state index contributed by atoms with van der Waals surface area (Å²) in [7, 11) is -4.58. The van der Waals surface area contributed by atoms with Crippen molar-refractivity contribution in [3.05, 3.63) is 35.4 Å². The van der Waals surface area contributed by atoms with Crippen molar-refractivity contribution in [1.82, 2.24) is 0 Å². The number of hydrogen-bond donors (Lipinski definition) is 0. The van der Waals surface area contributed by atoms with Gasteiger partial charge >= 0.3 is 0 Å². The van der Waals surface area contributed by atoms with Crippen molar-refractivity contribution in [2.45, 2.75) is 19.8 Å². The number of ketones is 1. The summed E-state index contributed by atoms with van der Waals surface area (Å²) in [6, 6.07) is 7.23. The number of hydrogen-bond acceptors (Lipinski definition) is 4. The predicted octanol–water partition coefficient (Wildman–Crippen LogP) is 1.79. The summed E-state index contributed by atoms with van der Waals surface area (Å²) in [5, 5.41) is 0. The molecular weight excluding hydrogens is 296 g/mol. The van der Waals surface area contributed by atoms with E-state index < -0.39 is 20.6 Å². The Hall–Kier alpha value is -1.01. The molecule has 0 spiro atoms. The lowest BCUT2D eigenvalue weighted by Crippen LogP contribution is -2.18. The SMILES string of the molecule is CC(C)c1ccc(C(=O)CS(=O)CCS(C)(=O)=O)cc1. The van der Waals surface area contributed by atoms with E-state index in [1.54, 1.807) is 12.1 Å². The minimum Gasteiger partial charge on any atom is -0.293 e. The van der Waals surface area contributed by atoms with Gasteiger partial charge in [-0.25, -0.2) is 8.42 Å². The minimum absolute atomic E-state index is 0.00858. The van der Waals surface area contributed by atoms with Gasteiger partial charge in [0.1, 0.15) is 9.84 Å². The van der Waals surface area contributed by atoms with Gasteiger partial charge < -0.3 is 0 Å². The first kappa shape index (κ1) is 17.0. The monoisotopic (exact) mass is 316 g/mol. The third-order valence-corrected chi connectivity index (χ3v) is 5.32. The van der Waals surface area contributed by atoms with E-state index in [1.165, 1.54) is 0 Å². The highest BCUT2D eigenvalue weighted by Gasteiger charge is 2.13. The fourth-order valence-electron chi connectivity index (χ4n) is 1.60. The molecule has 20 heavy (non-hydrogen) atoms. The Morgan fingerprint density at radius 2 is 1.75 bits per heavy atom. The molecule has 0 saturated carbocycles. The fourth-order valence-corrected chi connectivity index (χ4v) is 4.16. The molecule has 1 atom stereocenters. The molecule has 0 amide bonds. The second-order valence-corrected chi connectivity index (χ2v) is 8.95. The topological polar surface area (TPSA) is 68.3 Å². The van der Waals surface area contributed by atoms with Crippen LogP contribution in [0.3, 0.4) is 0 Å². The Bertz CT molecular complexity index is 586. The summed E-state index contributed by atoms with van der Waals surface area (Å²) in [4.78, 5) is 11.9. The highest BCUT2D eigenvalue weighted by molar-refractivity contribution is 7.92. The molecule has 4 nitrogen and oxygen atoms in total. The van der Waals surface area contributed by atoms with Crippen LogP contribution in [0.4, 0.5) is 0 Å². The van der Waals surface area contributed by atoms with Crippen molar-refractivity contribution in [3.8, 4) is 0 Å². The molecule has 6 heteroatoms. The van der Waals surface area contributed by atoms with Crippen molar-refractivity contribution in [2.75, 3.05) is 23.5 Å². The number of Topliss-reactive ketones (excluding diaryl/α,β-unsaturated/α-hetero) is 1. The highest BCUT2D eigenvalue weighted by atomic mass is 32.2. The Morgan fingerprint density at radius 3 is 2.20 bits per heavy atom. The largest absolute Gasteiger partial charge is 0.293 e. The van der Waals surface area contributed by atoms with Crippen molar-refractivity contribution in [1.29, 1.82) is 0 Å². The van der Waals surface area contributed by atoms with Gasteiger partial charge in [-0.1, -0.05) is 38.1 Å². The van der Waals surface area contributed by atoms with Crippen LogP contribution in [-0.2, 0) is 20.6 Å². The van der Waals surface area contributed by atoms with Crippen LogP contribution < -0.4 is 0 Å². The maximum atomic E-state index is 11.9. The van der Waals surface area contributed by atoms with Crippen LogP contribution in [0.25, 0.3) is 0 Å². The second kappa shape index (κ2) is 7.13. The summed E-state index contributed by atoms with van der Waals surface area (Å²) >= 11 is 0. The zero-order valence-corrected chi connectivity index (χ0v) is 13.6. The van der Waals surface area contributed by atoms with Crippen LogP contribution in [0, 0.1) is 0 Å². The van der Waals surface area contributed by atoms with Gasteiger partial charge in [-0.2, -0.15) is 0 Å². The molecule has 1 aromatic carbocycles. The van der Waals surface area contributed by atoms with Crippen LogP contribution in [0.5, 0.6) is 0 Å². The standard InChI is InChI=1S/C14H20O4S2/c1-11(2)12-4-6-13(7-5-12)14(15)10-19(16)8-9-20(3,17)18/h4-7,11H,8-10H2,1-3H3. The third-order valence-electron chi connectivity index (χ3n) is 2.87. The maximum absolute atomic E-state index is 11.9. The van der Waals surface area contributed by atoms with E-state index in [-0.39, 0.29) is 23.0 Å². The van der Waals surface area contributed by atoms with Crippen molar-refractivity contribution < 1.29 is 17.4 Å². The number of carbonyl (C=O) groups is 1. The van der Waals surface area contributed by atoms with E-state index >= 15 is 0 Å². The molecule has 0 N–H and O–H groups in total. The summed E-state index contributed by atoms with van der Waals surface area (Å²) in [5.41, 5.74) is 1.65. The summed E-state index contributed by atoms with van der Waals surface area (Å²) in [5.74, 6) is -0.0973. The molecule has 0 fully saturated rings. The number of carbonyl (C=O) groups excluding carboxylic acids is 1. The predicted molar refractivity (Wildman–Crippen MR) is 82.4 cm³/mol. The Kier molecular flexibility index (Phi) is 6.07. The molecule has 1 unspecified atom stereocenters. The van der Waals surface area contributed by atoms with Crippen molar-refractivity contribution >= 4 is 26.4 Å². The van der Waals surface area contributed by atoms with Crippen molar-refractivity contribution in [3.63, 3.8) is 0 Å². The van der Waals surface area contributed by atoms with Gasteiger partial charge in [0.2, 0.25) is 0 Å². The van der Waals surface area contributed by atoms with Gasteiger partial charge in [0.05, 0.1) is 11.5 Å². The molecule has 0 saturated heterocycles. The molecule has 1 aromatic rings. The summed E-state index contributed by atoms with van der Waals surface area (Å²) < 4.78 is 33.6. The van der Waals surface area contributed by atoms with E-state index in [4.69, 9.17) is 0 Å². The second-order valence-electron chi connectivity index (χ2n) is 5.12. The molecule has 0 bridgehead atoms. The minimum atomic E-state index is -3.14. The molecular formula is C14H20O4S2. The lowest BCUT2D eigenvalue weighted by Gasteiger charge is -2.06. The third kappa shape index (κ3) is 5.96. The first-order chi connectivity index (χ1) is 9.19. The Labute approximate surface area is 123 Å². The van der Waals surface area contributed by atoms with E-state index in [1.807, 2.05) is 12.1 Å². The van der Waals surface area contributed by atoms with Crippen LogP contribution in [0.2, 0.25) is 0 Å².